The zero-order chi connectivity index (χ0) is 22.2. The average molecular weight is 441 g/mol. The summed E-state index contributed by atoms with van der Waals surface area (Å²) in [6.45, 7) is 4.46. The number of hydrogen-bond acceptors (Lipinski definition) is 5. The molecule has 162 valence electrons. The summed E-state index contributed by atoms with van der Waals surface area (Å²) in [5.41, 5.74) is 2.78. The molecule has 9 heteroatoms. The highest BCUT2D eigenvalue weighted by molar-refractivity contribution is 7.89. The van der Waals surface area contributed by atoms with Crippen LogP contribution in [0, 0.1) is 13.8 Å². The van der Waals surface area contributed by atoms with Crippen molar-refractivity contribution in [2.75, 3.05) is 26.2 Å². The molecule has 31 heavy (non-hydrogen) atoms. The second-order valence-electron chi connectivity index (χ2n) is 7.59. The summed E-state index contributed by atoms with van der Waals surface area (Å²) in [4.78, 5) is 14.5. The zero-order valence-corrected chi connectivity index (χ0v) is 18.2. The highest BCUT2D eigenvalue weighted by Gasteiger charge is 2.32. The number of piperazine rings is 1. The largest absolute Gasteiger partial charge is 0.507 e. The van der Waals surface area contributed by atoms with Crippen molar-refractivity contribution in [3.05, 3.63) is 71.5 Å². The summed E-state index contributed by atoms with van der Waals surface area (Å²) in [5.74, 6) is -0.501. The van der Waals surface area contributed by atoms with E-state index in [0.29, 0.717) is 5.69 Å². The van der Waals surface area contributed by atoms with Gasteiger partial charge in [-0.05, 0) is 49.7 Å². The molecule has 1 aliphatic heterocycles. The van der Waals surface area contributed by atoms with Gasteiger partial charge in [0.1, 0.15) is 10.6 Å². The monoisotopic (exact) mass is 440 g/mol. The topological polar surface area (TPSA) is 95.7 Å². The van der Waals surface area contributed by atoms with E-state index in [4.69, 9.17) is 0 Å². The van der Waals surface area contributed by atoms with Gasteiger partial charge in [0, 0.05) is 31.9 Å². The number of aromatic nitrogens is 2. The molecule has 1 aromatic heterocycles. The van der Waals surface area contributed by atoms with Gasteiger partial charge in [-0.3, -0.25) is 4.79 Å². The number of amides is 1. The predicted molar refractivity (Wildman–Crippen MR) is 116 cm³/mol. The van der Waals surface area contributed by atoms with Gasteiger partial charge in [0.25, 0.3) is 5.91 Å². The molecule has 0 radical (unpaired) electrons. The molecule has 3 aromatic rings. The molecule has 0 atom stereocenters. The summed E-state index contributed by atoms with van der Waals surface area (Å²) in [5, 5.41) is 14.5. The van der Waals surface area contributed by atoms with Crippen molar-refractivity contribution >= 4 is 15.9 Å². The van der Waals surface area contributed by atoms with Gasteiger partial charge in [-0.25, -0.2) is 13.1 Å². The van der Waals surface area contributed by atoms with Crippen LogP contribution in [0.5, 0.6) is 5.75 Å². The standard InChI is InChI=1S/C22H24N4O4S/c1-16-8-9-20(27)21(14-16)31(29,30)25-12-10-24(11-13-25)22(28)19-15-17(2)26(23-19)18-6-4-3-5-7-18/h3-9,14-15,27H,10-13H2,1-2H3. The Bertz CT molecular complexity index is 1210. The Balaban J connectivity index is 1.48. The van der Waals surface area contributed by atoms with E-state index in [1.54, 1.807) is 28.6 Å². The van der Waals surface area contributed by atoms with E-state index in [-0.39, 0.29) is 42.7 Å². The lowest BCUT2D eigenvalue weighted by atomic mass is 10.2. The molecule has 0 bridgehead atoms. The first-order valence-electron chi connectivity index (χ1n) is 9.98. The van der Waals surface area contributed by atoms with Crippen molar-refractivity contribution in [1.82, 2.24) is 19.0 Å². The lowest BCUT2D eigenvalue weighted by Gasteiger charge is -2.33. The Hall–Kier alpha value is -3.17. The van der Waals surface area contributed by atoms with E-state index in [2.05, 4.69) is 5.10 Å². The minimum atomic E-state index is -3.84. The molecule has 0 saturated carbocycles. The summed E-state index contributed by atoms with van der Waals surface area (Å²) < 4.78 is 28.9. The number of aromatic hydroxyl groups is 1. The van der Waals surface area contributed by atoms with Crippen molar-refractivity contribution < 1.29 is 18.3 Å². The maximum Gasteiger partial charge on any atom is 0.274 e. The molecular weight excluding hydrogens is 416 g/mol. The second-order valence-corrected chi connectivity index (χ2v) is 9.49. The first kappa shape index (κ1) is 21.1. The van der Waals surface area contributed by atoms with E-state index < -0.39 is 10.0 Å². The first-order valence-corrected chi connectivity index (χ1v) is 11.4. The van der Waals surface area contributed by atoms with Crippen molar-refractivity contribution in [1.29, 1.82) is 0 Å². The Kier molecular flexibility index (Phi) is 5.55. The SMILES string of the molecule is Cc1ccc(O)c(S(=O)(=O)N2CCN(C(=O)c3cc(C)n(-c4ccccc4)n3)CC2)c1. The van der Waals surface area contributed by atoms with Gasteiger partial charge in [-0.1, -0.05) is 24.3 Å². The van der Waals surface area contributed by atoms with Gasteiger partial charge >= 0.3 is 0 Å². The number of phenols is 1. The lowest BCUT2D eigenvalue weighted by molar-refractivity contribution is 0.0691. The fraction of sp³-hybridized carbons (Fsp3) is 0.273. The second kappa shape index (κ2) is 8.16. The highest BCUT2D eigenvalue weighted by Crippen LogP contribution is 2.27. The quantitative estimate of drug-likeness (QED) is 0.672. The normalized spacial score (nSPS) is 15.2. The molecule has 0 aliphatic carbocycles. The molecule has 1 saturated heterocycles. The fourth-order valence-corrected chi connectivity index (χ4v) is 5.26. The zero-order valence-electron chi connectivity index (χ0n) is 17.4. The molecule has 1 fully saturated rings. The van der Waals surface area contributed by atoms with Gasteiger partial charge in [-0.2, -0.15) is 9.40 Å². The minimum Gasteiger partial charge on any atom is -0.507 e. The molecule has 1 aliphatic rings. The number of nitrogens with zero attached hydrogens (tertiary/aromatic N) is 4. The Morgan fingerprint density at radius 2 is 1.65 bits per heavy atom. The van der Waals surface area contributed by atoms with Gasteiger partial charge in [-0.15, -0.1) is 0 Å². The van der Waals surface area contributed by atoms with Crippen LogP contribution in [0.1, 0.15) is 21.7 Å². The van der Waals surface area contributed by atoms with Gasteiger partial charge in [0.2, 0.25) is 10.0 Å². The van der Waals surface area contributed by atoms with Crippen molar-refractivity contribution in [2.45, 2.75) is 18.7 Å². The molecule has 1 amide bonds. The third-order valence-electron chi connectivity index (χ3n) is 5.37. The summed E-state index contributed by atoms with van der Waals surface area (Å²) in [7, 11) is -3.84. The van der Waals surface area contributed by atoms with Gasteiger partial charge in [0.15, 0.2) is 5.69 Å². The number of aryl methyl sites for hydroxylation is 2. The maximum atomic E-state index is 13.0. The van der Waals surface area contributed by atoms with Crippen LogP contribution in [-0.4, -0.2) is 64.6 Å². The van der Waals surface area contributed by atoms with Crippen LogP contribution in [0.2, 0.25) is 0 Å². The minimum absolute atomic E-state index is 0.107. The number of para-hydroxylation sites is 1. The van der Waals surface area contributed by atoms with Gasteiger partial charge < -0.3 is 10.0 Å². The van der Waals surface area contributed by atoms with Crippen LogP contribution in [0.3, 0.4) is 0 Å². The summed E-state index contributed by atoms with van der Waals surface area (Å²) >= 11 is 0. The van der Waals surface area contributed by atoms with Crippen LogP contribution >= 0.6 is 0 Å². The number of carbonyl (C=O) groups excluding carboxylic acids is 1. The van der Waals surface area contributed by atoms with E-state index in [0.717, 1.165) is 16.9 Å². The fourth-order valence-electron chi connectivity index (χ4n) is 3.67. The van der Waals surface area contributed by atoms with Crippen molar-refractivity contribution in [3.63, 3.8) is 0 Å². The van der Waals surface area contributed by atoms with Crippen LogP contribution in [0.15, 0.2) is 59.5 Å². The Labute approximate surface area is 181 Å². The number of carbonyl (C=O) groups is 1. The third kappa shape index (κ3) is 4.06. The average Bonchev–Trinajstić information content (AvgIpc) is 3.17. The Morgan fingerprint density at radius 1 is 0.968 bits per heavy atom. The molecule has 4 rings (SSSR count). The smallest absolute Gasteiger partial charge is 0.274 e. The van der Waals surface area contributed by atoms with Crippen LogP contribution < -0.4 is 0 Å². The number of hydrogen-bond donors (Lipinski definition) is 1. The Morgan fingerprint density at radius 3 is 2.32 bits per heavy atom. The molecule has 2 heterocycles. The van der Waals surface area contributed by atoms with Crippen LogP contribution in [-0.2, 0) is 10.0 Å². The van der Waals surface area contributed by atoms with Crippen LogP contribution in [0.4, 0.5) is 0 Å². The lowest BCUT2D eigenvalue weighted by Crippen LogP contribution is -2.50. The predicted octanol–water partition coefficient (Wildman–Crippen LogP) is 2.34. The van der Waals surface area contributed by atoms with Crippen LogP contribution in [0.25, 0.3) is 5.69 Å². The summed E-state index contributed by atoms with van der Waals surface area (Å²) in [6.07, 6.45) is 0. The van der Waals surface area contributed by atoms with Crippen molar-refractivity contribution in [2.24, 2.45) is 0 Å². The highest BCUT2D eigenvalue weighted by atomic mass is 32.2. The molecule has 2 aromatic carbocycles. The van der Waals surface area contributed by atoms with Crippen molar-refractivity contribution in [3.8, 4) is 11.4 Å². The first-order chi connectivity index (χ1) is 14.8. The van der Waals surface area contributed by atoms with E-state index in [1.165, 1.54) is 16.4 Å². The van der Waals surface area contributed by atoms with E-state index in [1.807, 2.05) is 37.3 Å². The number of phenolic OH excluding ortho intramolecular Hbond substituents is 1. The van der Waals surface area contributed by atoms with E-state index in [9.17, 15) is 18.3 Å². The summed E-state index contributed by atoms with van der Waals surface area (Å²) in [6, 6.07) is 15.8. The number of sulfonamides is 1. The van der Waals surface area contributed by atoms with E-state index >= 15 is 0 Å². The molecule has 0 spiro atoms. The number of benzene rings is 2. The molecule has 1 N–H and O–H groups in total. The molecular formula is C22H24N4O4S. The third-order valence-corrected chi connectivity index (χ3v) is 7.29. The molecule has 8 nitrogen and oxygen atoms in total. The maximum absolute atomic E-state index is 13.0. The molecule has 0 unspecified atom stereocenters. The number of rotatable bonds is 4. The van der Waals surface area contributed by atoms with Gasteiger partial charge in [0.05, 0.1) is 5.69 Å².